The van der Waals surface area contributed by atoms with Gasteiger partial charge in [-0.1, -0.05) is 18.2 Å². The second-order valence-corrected chi connectivity index (χ2v) is 1.70. The number of rotatable bonds is 1. The highest BCUT2D eigenvalue weighted by molar-refractivity contribution is 5.17. The van der Waals surface area contributed by atoms with E-state index in [1.165, 1.54) is 0 Å². The molecule has 0 nitrogen and oxygen atoms in total. The highest BCUT2D eigenvalue weighted by Crippen LogP contribution is 2.04. The summed E-state index contributed by atoms with van der Waals surface area (Å²) in [4.78, 5) is 0. The van der Waals surface area contributed by atoms with E-state index in [4.69, 9.17) is 0 Å². The maximum Gasteiger partial charge on any atom is 0.0203 e. The van der Waals surface area contributed by atoms with Gasteiger partial charge in [0.1, 0.15) is 0 Å². The largest absolute Gasteiger partial charge is 0.124 e. The summed E-state index contributed by atoms with van der Waals surface area (Å²) < 4.78 is 0. The molecular formula is C8H8. The molecule has 1 aliphatic carbocycles. The van der Waals surface area contributed by atoms with Crippen molar-refractivity contribution >= 4 is 0 Å². The second kappa shape index (κ2) is 2.34. The van der Waals surface area contributed by atoms with Gasteiger partial charge in [0.05, 0.1) is 0 Å². The third-order valence-electron chi connectivity index (χ3n) is 1.09. The molecule has 0 aromatic rings. The molecular weight excluding hydrogens is 96.1 g/mol. The van der Waals surface area contributed by atoms with Crippen molar-refractivity contribution in [2.24, 2.45) is 5.92 Å². The molecule has 0 spiro atoms. The minimum atomic E-state index is 0.403. The van der Waals surface area contributed by atoms with Gasteiger partial charge in [-0.05, 0) is 12.2 Å². The fraction of sp³-hybridized carbons (Fsp3) is 0.125. The van der Waals surface area contributed by atoms with Crippen LogP contribution in [0.3, 0.4) is 0 Å². The lowest BCUT2D eigenvalue weighted by Crippen LogP contribution is -1.83. The Kier molecular flexibility index (Phi) is 1.51. The molecule has 0 saturated carbocycles. The van der Waals surface area contributed by atoms with Gasteiger partial charge in [0.15, 0.2) is 0 Å². The fourth-order valence-corrected chi connectivity index (χ4v) is 0.608. The first-order chi connectivity index (χ1) is 3.93. The average molecular weight is 104 g/mol. The molecule has 8 heavy (non-hydrogen) atoms. The lowest BCUT2D eigenvalue weighted by atomic mass is 10.1. The molecule has 0 N–H and O–H groups in total. The van der Waals surface area contributed by atoms with Crippen molar-refractivity contribution in [3.63, 3.8) is 0 Å². The summed E-state index contributed by atoms with van der Waals surface area (Å²) in [5.74, 6) is 0.403. The molecule has 0 aromatic carbocycles. The fourth-order valence-electron chi connectivity index (χ4n) is 0.608. The van der Waals surface area contributed by atoms with Crippen LogP contribution in [-0.4, -0.2) is 0 Å². The Morgan fingerprint density at radius 1 is 1.62 bits per heavy atom. The smallest absolute Gasteiger partial charge is 0.0203 e. The molecule has 1 unspecified atom stereocenters. The molecule has 0 heteroatoms. The van der Waals surface area contributed by atoms with E-state index in [2.05, 4.69) is 18.4 Å². The van der Waals surface area contributed by atoms with E-state index in [0.717, 1.165) is 0 Å². The van der Waals surface area contributed by atoms with Crippen molar-refractivity contribution in [2.75, 3.05) is 0 Å². The maximum absolute atomic E-state index is 3.65. The first-order valence-electron chi connectivity index (χ1n) is 2.65. The van der Waals surface area contributed by atoms with Crippen LogP contribution in [0, 0.1) is 5.92 Å². The predicted molar refractivity (Wildman–Crippen MR) is 35.5 cm³/mol. The van der Waals surface area contributed by atoms with Crippen molar-refractivity contribution in [3.05, 3.63) is 42.7 Å². The third-order valence-corrected chi connectivity index (χ3v) is 1.09. The van der Waals surface area contributed by atoms with Crippen molar-refractivity contribution in [2.45, 2.75) is 0 Å². The van der Waals surface area contributed by atoms with Gasteiger partial charge < -0.3 is 0 Å². The highest BCUT2D eigenvalue weighted by Gasteiger charge is 1.90. The summed E-state index contributed by atoms with van der Waals surface area (Å²) in [6.45, 7) is 3.65. The zero-order valence-electron chi connectivity index (χ0n) is 4.67. The quantitative estimate of drug-likeness (QED) is 0.353. The minimum Gasteiger partial charge on any atom is -0.124 e. The Morgan fingerprint density at radius 3 is 2.88 bits per heavy atom. The molecule has 0 fully saturated rings. The first kappa shape index (κ1) is 5.14. The van der Waals surface area contributed by atoms with Crippen LogP contribution >= 0.6 is 0 Å². The van der Waals surface area contributed by atoms with E-state index in [1.807, 2.05) is 24.3 Å². The van der Waals surface area contributed by atoms with Crippen LogP contribution in [-0.2, 0) is 0 Å². The maximum atomic E-state index is 3.65. The van der Waals surface area contributed by atoms with E-state index in [9.17, 15) is 0 Å². The van der Waals surface area contributed by atoms with Gasteiger partial charge in [0.2, 0.25) is 0 Å². The Bertz CT molecular complexity index is 166. The van der Waals surface area contributed by atoms with Gasteiger partial charge >= 0.3 is 0 Å². The predicted octanol–water partition coefficient (Wildman–Crippen LogP) is 2.07. The Balaban J connectivity index is 2.75. The lowest BCUT2D eigenvalue weighted by molar-refractivity contribution is 1.07. The topological polar surface area (TPSA) is 0 Å². The third kappa shape index (κ3) is 0.988. The summed E-state index contributed by atoms with van der Waals surface area (Å²) in [5, 5.41) is 0. The number of hydrogen-bond donors (Lipinski definition) is 0. The molecule has 0 aromatic heterocycles. The molecule has 1 rings (SSSR count). The van der Waals surface area contributed by atoms with Gasteiger partial charge in [-0.25, -0.2) is 0 Å². The van der Waals surface area contributed by atoms with E-state index in [0.29, 0.717) is 5.92 Å². The normalized spacial score (nSPS) is 23.8. The van der Waals surface area contributed by atoms with Gasteiger partial charge in [-0.2, -0.15) is 0 Å². The van der Waals surface area contributed by atoms with Crippen LogP contribution < -0.4 is 0 Å². The van der Waals surface area contributed by atoms with Crippen LogP contribution in [0.15, 0.2) is 42.7 Å². The number of allylic oxidation sites excluding steroid dienone is 4. The minimum absolute atomic E-state index is 0.403. The molecule has 0 heterocycles. The Hall–Kier alpha value is -1.00. The van der Waals surface area contributed by atoms with Crippen molar-refractivity contribution in [1.29, 1.82) is 0 Å². The molecule has 0 bridgehead atoms. The van der Waals surface area contributed by atoms with Crippen LogP contribution in [0.5, 0.6) is 0 Å². The van der Waals surface area contributed by atoms with Crippen LogP contribution in [0.4, 0.5) is 0 Å². The molecule has 1 aliphatic rings. The summed E-state index contributed by atoms with van der Waals surface area (Å²) in [6, 6.07) is 0. The van der Waals surface area contributed by atoms with Crippen molar-refractivity contribution in [1.82, 2.24) is 0 Å². The Morgan fingerprint density at radius 2 is 2.50 bits per heavy atom. The summed E-state index contributed by atoms with van der Waals surface area (Å²) in [5.41, 5.74) is 2.98. The van der Waals surface area contributed by atoms with Crippen molar-refractivity contribution in [3.8, 4) is 0 Å². The summed E-state index contributed by atoms with van der Waals surface area (Å²) in [6.07, 6.45) is 9.80. The van der Waals surface area contributed by atoms with Crippen LogP contribution in [0.25, 0.3) is 0 Å². The van der Waals surface area contributed by atoms with Gasteiger partial charge in [-0.3, -0.25) is 0 Å². The molecule has 0 saturated heterocycles. The molecule has 40 valence electrons. The zero-order chi connectivity index (χ0) is 5.82. The van der Waals surface area contributed by atoms with Crippen LogP contribution in [0.1, 0.15) is 0 Å². The SMILES string of the molecule is C=CC1C=C=CC=C1. The molecule has 0 aliphatic heterocycles. The second-order valence-electron chi connectivity index (χ2n) is 1.70. The monoisotopic (exact) mass is 104 g/mol. The van der Waals surface area contributed by atoms with Crippen LogP contribution in [0.2, 0.25) is 0 Å². The van der Waals surface area contributed by atoms with E-state index in [-0.39, 0.29) is 0 Å². The number of hydrogen-bond acceptors (Lipinski definition) is 0. The standard InChI is InChI=1S/C8H8/c1-2-8-6-4-3-5-7-8/h2-4,6-8H,1H2. The summed E-state index contributed by atoms with van der Waals surface area (Å²) in [7, 11) is 0. The molecule has 1 atom stereocenters. The zero-order valence-corrected chi connectivity index (χ0v) is 4.67. The van der Waals surface area contributed by atoms with Gasteiger partial charge in [0.25, 0.3) is 0 Å². The highest BCUT2D eigenvalue weighted by atomic mass is 13.9. The molecule has 0 amide bonds. The summed E-state index contributed by atoms with van der Waals surface area (Å²) >= 11 is 0. The average Bonchev–Trinajstić information content (AvgIpc) is 1.90. The first-order valence-corrected chi connectivity index (χ1v) is 2.65. The Labute approximate surface area is 49.5 Å². The van der Waals surface area contributed by atoms with Gasteiger partial charge in [-0.15, -0.1) is 12.3 Å². The van der Waals surface area contributed by atoms with Crippen molar-refractivity contribution < 1.29 is 0 Å². The van der Waals surface area contributed by atoms with Gasteiger partial charge in [0, 0.05) is 5.92 Å². The molecule has 0 radical (unpaired) electrons. The van der Waals surface area contributed by atoms with E-state index >= 15 is 0 Å². The lowest BCUT2D eigenvalue weighted by Gasteiger charge is -1.96. The van der Waals surface area contributed by atoms with E-state index < -0.39 is 0 Å². The van der Waals surface area contributed by atoms with E-state index in [1.54, 1.807) is 0 Å².